The highest BCUT2D eigenvalue weighted by Gasteiger charge is 2.46. The second-order valence-corrected chi connectivity index (χ2v) is 11.5. The minimum Gasteiger partial charge on any atom is -0.319 e. The van der Waals surface area contributed by atoms with Crippen LogP contribution in [-0.4, -0.2) is 35.4 Å². The van der Waals surface area contributed by atoms with E-state index < -0.39 is 27.4 Å². The molecular weight excluding hydrogens is 531 g/mol. The summed E-state index contributed by atoms with van der Waals surface area (Å²) in [7, 11) is -4.41. The van der Waals surface area contributed by atoms with E-state index in [4.69, 9.17) is 4.98 Å². The Kier molecular flexibility index (Phi) is 7.35. The molecule has 0 unspecified atom stereocenters. The summed E-state index contributed by atoms with van der Waals surface area (Å²) in [4.78, 5) is 20.9. The van der Waals surface area contributed by atoms with Crippen LogP contribution in [0.25, 0.3) is 22.4 Å². The van der Waals surface area contributed by atoms with Gasteiger partial charge < -0.3 is 9.40 Å². The van der Waals surface area contributed by atoms with Gasteiger partial charge in [-0.25, -0.2) is 18.2 Å². The van der Waals surface area contributed by atoms with Gasteiger partial charge in [-0.2, -0.15) is 13.2 Å². The molecule has 5 rings (SSSR count). The van der Waals surface area contributed by atoms with Gasteiger partial charge in [0.05, 0.1) is 22.0 Å². The van der Waals surface area contributed by atoms with Crippen molar-refractivity contribution in [2.24, 2.45) is 0 Å². The fourth-order valence-corrected chi connectivity index (χ4v) is 6.62. The Bertz CT molecular complexity index is 1560. The number of para-hydroxylation sites is 2. The number of hydrogen-bond donors (Lipinski definition) is 0. The average molecular weight is 558 g/mol. The molecule has 0 amide bonds. The molecule has 204 valence electrons. The standard InChI is InChI=1S/C28H26F3N3O4S/c29-28(30,31)27(35)38-34(39(36,37)23-11-5-2-6-12-23)22-17-15-21(16-18-22)26-32-24-13-7-8-14-25(24)33(26)19-20-9-3-1-4-10-20/h1,3-4,7-10,13-18,23H,2,5-6,11-12,19H2. The van der Waals surface area contributed by atoms with E-state index in [2.05, 4.69) is 4.84 Å². The number of nitrogens with zero attached hydrogens (tertiary/aromatic N) is 3. The van der Waals surface area contributed by atoms with E-state index in [1.54, 1.807) is 12.1 Å². The Labute approximate surface area is 223 Å². The highest BCUT2D eigenvalue weighted by molar-refractivity contribution is 7.93. The maximum absolute atomic E-state index is 13.3. The molecule has 0 saturated heterocycles. The van der Waals surface area contributed by atoms with E-state index in [0.717, 1.165) is 23.0 Å². The third-order valence-electron chi connectivity index (χ3n) is 6.78. The Balaban J connectivity index is 1.53. The maximum atomic E-state index is 13.3. The van der Waals surface area contributed by atoms with Crippen LogP contribution in [0.3, 0.4) is 0 Å². The van der Waals surface area contributed by atoms with Crippen LogP contribution in [0.4, 0.5) is 18.9 Å². The summed E-state index contributed by atoms with van der Waals surface area (Å²) in [6, 6.07) is 23.1. The molecule has 0 radical (unpaired) electrons. The molecule has 0 atom stereocenters. The molecule has 4 aromatic rings. The monoisotopic (exact) mass is 557 g/mol. The molecule has 1 fully saturated rings. The highest BCUT2D eigenvalue weighted by Crippen LogP contribution is 2.33. The molecule has 1 saturated carbocycles. The smallest absolute Gasteiger partial charge is 0.319 e. The van der Waals surface area contributed by atoms with Crippen LogP contribution < -0.4 is 4.47 Å². The van der Waals surface area contributed by atoms with E-state index in [-0.39, 0.29) is 23.0 Å². The van der Waals surface area contributed by atoms with Crippen LogP contribution in [0.5, 0.6) is 0 Å². The van der Waals surface area contributed by atoms with Crippen LogP contribution in [-0.2, 0) is 26.2 Å². The van der Waals surface area contributed by atoms with Gasteiger partial charge in [0.15, 0.2) is 0 Å². The second-order valence-electron chi connectivity index (χ2n) is 9.45. The zero-order valence-corrected chi connectivity index (χ0v) is 21.7. The fraction of sp³-hybridized carbons (Fsp3) is 0.286. The summed E-state index contributed by atoms with van der Waals surface area (Å²) >= 11 is 0. The fourth-order valence-electron chi connectivity index (χ4n) is 4.83. The third-order valence-corrected chi connectivity index (χ3v) is 8.84. The predicted molar refractivity (Wildman–Crippen MR) is 141 cm³/mol. The Morgan fingerprint density at radius 2 is 1.56 bits per heavy atom. The Morgan fingerprint density at radius 1 is 0.923 bits per heavy atom. The number of rotatable bonds is 7. The molecule has 0 N–H and O–H groups in total. The molecular formula is C28H26F3N3O4S. The quantitative estimate of drug-likeness (QED) is 0.251. The van der Waals surface area contributed by atoms with Crippen molar-refractivity contribution in [3.8, 4) is 11.4 Å². The first-order valence-electron chi connectivity index (χ1n) is 12.6. The number of fused-ring (bicyclic) bond motifs is 1. The van der Waals surface area contributed by atoms with Crippen LogP contribution in [0.15, 0.2) is 78.9 Å². The lowest BCUT2D eigenvalue weighted by molar-refractivity contribution is -0.199. The molecule has 1 aliphatic carbocycles. The van der Waals surface area contributed by atoms with Gasteiger partial charge in [-0.3, -0.25) is 0 Å². The van der Waals surface area contributed by atoms with E-state index >= 15 is 0 Å². The molecule has 7 nitrogen and oxygen atoms in total. The van der Waals surface area contributed by atoms with Crippen LogP contribution in [0.1, 0.15) is 37.7 Å². The molecule has 0 bridgehead atoms. The zero-order valence-electron chi connectivity index (χ0n) is 20.8. The highest BCUT2D eigenvalue weighted by atomic mass is 32.2. The van der Waals surface area contributed by atoms with Crippen LogP contribution >= 0.6 is 0 Å². The predicted octanol–water partition coefficient (Wildman–Crippen LogP) is 6.24. The second kappa shape index (κ2) is 10.7. The zero-order chi connectivity index (χ0) is 27.6. The van der Waals surface area contributed by atoms with E-state index in [9.17, 15) is 26.4 Å². The van der Waals surface area contributed by atoms with Crippen molar-refractivity contribution in [2.45, 2.75) is 50.1 Å². The normalized spacial score (nSPS) is 14.8. The number of aromatic nitrogens is 2. The maximum Gasteiger partial charge on any atom is 0.493 e. The molecule has 0 spiro atoms. The first kappa shape index (κ1) is 26.7. The summed E-state index contributed by atoms with van der Waals surface area (Å²) in [6.07, 6.45) is -2.70. The van der Waals surface area contributed by atoms with Gasteiger partial charge >= 0.3 is 12.1 Å². The summed E-state index contributed by atoms with van der Waals surface area (Å²) in [5.74, 6) is -2.00. The lowest BCUT2D eigenvalue weighted by atomic mass is 10.0. The van der Waals surface area contributed by atoms with Crippen molar-refractivity contribution >= 4 is 32.7 Å². The van der Waals surface area contributed by atoms with Crippen molar-refractivity contribution in [3.05, 3.63) is 84.4 Å². The molecule has 1 aromatic heterocycles. The first-order valence-corrected chi connectivity index (χ1v) is 14.1. The first-order chi connectivity index (χ1) is 18.6. The summed E-state index contributed by atoms with van der Waals surface area (Å²) in [5.41, 5.74) is 3.10. The number of carbonyl (C=O) groups excluding carboxylic acids is 1. The van der Waals surface area contributed by atoms with Gasteiger partial charge in [0, 0.05) is 12.1 Å². The van der Waals surface area contributed by atoms with Gasteiger partial charge in [-0.1, -0.05) is 66.2 Å². The van der Waals surface area contributed by atoms with Gasteiger partial charge in [0.1, 0.15) is 5.82 Å². The van der Waals surface area contributed by atoms with Crippen molar-refractivity contribution in [1.82, 2.24) is 9.55 Å². The molecule has 1 aliphatic rings. The van der Waals surface area contributed by atoms with Gasteiger partial charge in [-0.05, 0) is 54.8 Å². The number of hydrogen-bond acceptors (Lipinski definition) is 5. The average Bonchev–Trinajstić information content (AvgIpc) is 3.30. The van der Waals surface area contributed by atoms with Crippen LogP contribution in [0, 0.1) is 0 Å². The van der Waals surface area contributed by atoms with Crippen molar-refractivity contribution in [3.63, 3.8) is 0 Å². The number of carbonyl (C=O) groups is 1. The lowest BCUT2D eigenvalue weighted by Crippen LogP contribution is -2.43. The molecule has 3 aromatic carbocycles. The molecule has 1 heterocycles. The molecule has 39 heavy (non-hydrogen) atoms. The van der Waals surface area contributed by atoms with E-state index in [0.29, 0.717) is 30.8 Å². The summed E-state index contributed by atoms with van der Waals surface area (Å²) in [5, 5.41) is -0.943. The van der Waals surface area contributed by atoms with Crippen molar-refractivity contribution < 1.29 is 31.2 Å². The SMILES string of the molecule is O=C(ON(c1ccc(-c2nc3ccccc3n2Cc2ccccc2)cc1)S(=O)(=O)C1CCCCC1)C(F)(F)F. The van der Waals surface area contributed by atoms with Gasteiger partial charge in [0.25, 0.3) is 10.0 Å². The van der Waals surface area contributed by atoms with Crippen LogP contribution in [0.2, 0.25) is 0 Å². The Hall–Kier alpha value is -3.86. The van der Waals surface area contributed by atoms with E-state index in [1.165, 1.54) is 12.1 Å². The van der Waals surface area contributed by atoms with Crippen molar-refractivity contribution in [1.29, 1.82) is 0 Å². The number of sulfonamides is 1. The molecule has 11 heteroatoms. The number of anilines is 1. The number of imidazole rings is 1. The number of halogens is 3. The van der Waals surface area contributed by atoms with E-state index in [1.807, 2.05) is 59.2 Å². The van der Waals surface area contributed by atoms with Gasteiger partial charge in [-0.15, -0.1) is 0 Å². The lowest BCUT2D eigenvalue weighted by Gasteiger charge is -2.29. The molecule has 0 aliphatic heterocycles. The van der Waals surface area contributed by atoms with Gasteiger partial charge in [0.2, 0.25) is 0 Å². The third kappa shape index (κ3) is 5.63. The number of alkyl halides is 3. The minimum atomic E-state index is -5.36. The minimum absolute atomic E-state index is 0.134. The summed E-state index contributed by atoms with van der Waals surface area (Å²) in [6.45, 7) is 0.518. The Morgan fingerprint density at radius 3 is 2.23 bits per heavy atom. The summed E-state index contributed by atoms with van der Waals surface area (Å²) < 4.78 is 68.0. The van der Waals surface area contributed by atoms with Crippen molar-refractivity contribution in [2.75, 3.05) is 4.47 Å². The number of benzene rings is 3. The largest absolute Gasteiger partial charge is 0.493 e. The topological polar surface area (TPSA) is 81.5 Å².